The Labute approximate surface area is 120 Å². The van der Waals surface area contributed by atoms with E-state index in [0.29, 0.717) is 16.4 Å². The van der Waals surface area contributed by atoms with Crippen LogP contribution in [-0.2, 0) is 11.2 Å². The van der Waals surface area contributed by atoms with Crippen molar-refractivity contribution < 1.29 is 14.7 Å². The van der Waals surface area contributed by atoms with Crippen molar-refractivity contribution in [3.05, 3.63) is 58.7 Å². The molecule has 1 amide bonds. The molecule has 1 aromatic carbocycles. The van der Waals surface area contributed by atoms with Gasteiger partial charge in [0.15, 0.2) is 0 Å². The molecule has 5 nitrogen and oxygen atoms in total. The molecule has 20 heavy (non-hydrogen) atoms. The van der Waals surface area contributed by atoms with Gasteiger partial charge in [-0.3, -0.25) is 4.79 Å². The molecular formula is C14H11ClN2O3. The summed E-state index contributed by atoms with van der Waals surface area (Å²) in [4.78, 5) is 26.4. The van der Waals surface area contributed by atoms with Crippen LogP contribution in [0.3, 0.4) is 0 Å². The van der Waals surface area contributed by atoms with Gasteiger partial charge in [0, 0.05) is 11.2 Å². The zero-order valence-corrected chi connectivity index (χ0v) is 11.1. The minimum atomic E-state index is -1.06. The normalized spacial score (nSPS) is 10.1. The predicted molar refractivity (Wildman–Crippen MR) is 75.0 cm³/mol. The number of halogens is 1. The predicted octanol–water partition coefficient (Wildman–Crippen LogP) is 2.61. The van der Waals surface area contributed by atoms with Crippen molar-refractivity contribution in [3.8, 4) is 0 Å². The van der Waals surface area contributed by atoms with Gasteiger partial charge in [0.25, 0.3) is 0 Å². The zero-order chi connectivity index (χ0) is 14.5. The van der Waals surface area contributed by atoms with Crippen LogP contribution in [0.25, 0.3) is 0 Å². The highest BCUT2D eigenvalue weighted by Crippen LogP contribution is 2.16. The molecule has 0 aliphatic heterocycles. The monoisotopic (exact) mass is 290 g/mol. The van der Waals surface area contributed by atoms with Crippen LogP contribution in [0.4, 0.5) is 5.82 Å². The molecule has 102 valence electrons. The van der Waals surface area contributed by atoms with Crippen LogP contribution in [-0.4, -0.2) is 22.0 Å². The van der Waals surface area contributed by atoms with Crippen molar-refractivity contribution >= 4 is 29.3 Å². The number of aromatic nitrogens is 1. The third-order valence-electron chi connectivity index (χ3n) is 2.59. The third-order valence-corrected chi connectivity index (χ3v) is 2.96. The number of carbonyl (C=O) groups excluding carboxylic acids is 1. The van der Waals surface area contributed by atoms with Crippen molar-refractivity contribution in [2.75, 3.05) is 5.32 Å². The Morgan fingerprint density at radius 2 is 1.95 bits per heavy atom. The van der Waals surface area contributed by atoms with Crippen molar-refractivity contribution in [2.45, 2.75) is 6.42 Å². The van der Waals surface area contributed by atoms with E-state index in [4.69, 9.17) is 16.7 Å². The maximum atomic E-state index is 11.8. The number of hydrogen-bond donors (Lipinski definition) is 2. The van der Waals surface area contributed by atoms with E-state index in [-0.39, 0.29) is 17.9 Å². The van der Waals surface area contributed by atoms with E-state index >= 15 is 0 Å². The first-order valence-electron chi connectivity index (χ1n) is 5.79. The SMILES string of the molecule is O=C(Cc1ccccc1Cl)Nc1ccc(C(=O)O)cn1. The van der Waals surface area contributed by atoms with E-state index in [1.165, 1.54) is 18.3 Å². The summed E-state index contributed by atoms with van der Waals surface area (Å²) < 4.78 is 0. The number of hydrogen-bond acceptors (Lipinski definition) is 3. The molecule has 0 saturated heterocycles. The molecule has 0 saturated carbocycles. The summed E-state index contributed by atoms with van der Waals surface area (Å²) in [5.74, 6) is -1.04. The Kier molecular flexibility index (Phi) is 4.32. The summed E-state index contributed by atoms with van der Waals surface area (Å²) >= 11 is 5.97. The number of benzene rings is 1. The fourth-order valence-electron chi connectivity index (χ4n) is 1.60. The molecule has 0 spiro atoms. The van der Waals surface area contributed by atoms with Gasteiger partial charge in [-0.1, -0.05) is 29.8 Å². The van der Waals surface area contributed by atoms with Crippen molar-refractivity contribution in [3.63, 3.8) is 0 Å². The molecule has 2 rings (SSSR count). The van der Waals surface area contributed by atoms with Gasteiger partial charge in [0.1, 0.15) is 5.82 Å². The molecule has 1 aromatic heterocycles. The number of nitrogens with zero attached hydrogens (tertiary/aromatic N) is 1. The van der Waals surface area contributed by atoms with Gasteiger partial charge in [-0.2, -0.15) is 0 Å². The molecule has 0 aliphatic carbocycles. The first-order valence-corrected chi connectivity index (χ1v) is 6.16. The number of amides is 1. The summed E-state index contributed by atoms with van der Waals surface area (Å²) in [6.07, 6.45) is 1.31. The number of nitrogens with one attached hydrogen (secondary N) is 1. The number of rotatable bonds is 4. The Morgan fingerprint density at radius 1 is 1.20 bits per heavy atom. The lowest BCUT2D eigenvalue weighted by Gasteiger charge is -2.06. The minimum Gasteiger partial charge on any atom is -0.478 e. The summed E-state index contributed by atoms with van der Waals surface area (Å²) in [5, 5.41) is 11.8. The van der Waals surface area contributed by atoms with Gasteiger partial charge in [0.2, 0.25) is 5.91 Å². The van der Waals surface area contributed by atoms with Crippen LogP contribution in [0, 0.1) is 0 Å². The van der Waals surface area contributed by atoms with E-state index in [2.05, 4.69) is 10.3 Å². The van der Waals surface area contributed by atoms with Gasteiger partial charge in [-0.15, -0.1) is 0 Å². The highest BCUT2D eigenvalue weighted by atomic mass is 35.5. The van der Waals surface area contributed by atoms with E-state index in [0.717, 1.165) is 0 Å². The maximum Gasteiger partial charge on any atom is 0.337 e. The first-order chi connectivity index (χ1) is 9.56. The molecule has 1 heterocycles. The molecule has 0 unspecified atom stereocenters. The van der Waals surface area contributed by atoms with Crippen LogP contribution < -0.4 is 5.32 Å². The second-order valence-corrected chi connectivity index (χ2v) is 4.46. The van der Waals surface area contributed by atoms with Gasteiger partial charge < -0.3 is 10.4 Å². The van der Waals surface area contributed by atoms with Gasteiger partial charge in [0.05, 0.1) is 12.0 Å². The fraction of sp³-hybridized carbons (Fsp3) is 0.0714. The van der Waals surface area contributed by atoms with Crippen LogP contribution in [0.1, 0.15) is 15.9 Å². The van der Waals surface area contributed by atoms with Crippen molar-refractivity contribution in [1.29, 1.82) is 0 Å². The summed E-state index contributed by atoms with van der Waals surface area (Å²) in [6, 6.07) is 9.88. The number of carboxylic acids is 1. The third kappa shape index (κ3) is 3.55. The van der Waals surface area contributed by atoms with E-state index in [1.54, 1.807) is 24.3 Å². The van der Waals surface area contributed by atoms with E-state index in [9.17, 15) is 9.59 Å². The highest BCUT2D eigenvalue weighted by Gasteiger charge is 2.08. The van der Waals surface area contributed by atoms with Crippen LogP contribution >= 0.6 is 11.6 Å². The van der Waals surface area contributed by atoms with Crippen LogP contribution in [0.15, 0.2) is 42.6 Å². The lowest BCUT2D eigenvalue weighted by Crippen LogP contribution is -2.15. The van der Waals surface area contributed by atoms with Crippen LogP contribution in [0.5, 0.6) is 0 Å². The zero-order valence-electron chi connectivity index (χ0n) is 10.3. The molecule has 2 aromatic rings. The van der Waals surface area contributed by atoms with E-state index < -0.39 is 5.97 Å². The van der Waals surface area contributed by atoms with Gasteiger partial charge in [-0.05, 0) is 23.8 Å². The fourth-order valence-corrected chi connectivity index (χ4v) is 1.80. The average molecular weight is 291 g/mol. The molecule has 0 aliphatic rings. The quantitative estimate of drug-likeness (QED) is 0.907. The largest absolute Gasteiger partial charge is 0.478 e. The molecule has 6 heteroatoms. The number of carboxylic acid groups (broad SMARTS) is 1. The van der Waals surface area contributed by atoms with Crippen molar-refractivity contribution in [1.82, 2.24) is 4.98 Å². The molecular weight excluding hydrogens is 280 g/mol. The second kappa shape index (κ2) is 6.16. The standard InChI is InChI=1S/C14H11ClN2O3/c15-11-4-2-1-3-9(11)7-13(18)17-12-6-5-10(8-16-12)14(19)20/h1-6,8H,7H2,(H,19,20)(H,16,17,18). The Balaban J connectivity index is 2.01. The highest BCUT2D eigenvalue weighted by molar-refractivity contribution is 6.31. The second-order valence-electron chi connectivity index (χ2n) is 4.05. The Bertz CT molecular complexity index is 641. The molecule has 0 radical (unpaired) electrons. The minimum absolute atomic E-state index is 0.0640. The number of carbonyl (C=O) groups is 2. The van der Waals surface area contributed by atoms with Crippen molar-refractivity contribution in [2.24, 2.45) is 0 Å². The van der Waals surface area contributed by atoms with Gasteiger partial charge in [-0.25, -0.2) is 9.78 Å². The molecule has 0 fully saturated rings. The topological polar surface area (TPSA) is 79.3 Å². The number of pyridine rings is 1. The number of aromatic carboxylic acids is 1. The Morgan fingerprint density at radius 3 is 2.55 bits per heavy atom. The lowest BCUT2D eigenvalue weighted by molar-refractivity contribution is -0.115. The molecule has 0 bridgehead atoms. The first kappa shape index (κ1) is 14.0. The average Bonchev–Trinajstić information content (AvgIpc) is 2.42. The summed E-state index contributed by atoms with van der Waals surface area (Å²) in [5.41, 5.74) is 0.780. The number of anilines is 1. The Hall–Kier alpha value is -2.40. The smallest absolute Gasteiger partial charge is 0.337 e. The van der Waals surface area contributed by atoms with Gasteiger partial charge >= 0.3 is 5.97 Å². The van der Waals surface area contributed by atoms with Crippen LogP contribution in [0.2, 0.25) is 5.02 Å². The maximum absolute atomic E-state index is 11.8. The summed E-state index contributed by atoms with van der Waals surface area (Å²) in [6.45, 7) is 0. The van der Waals surface area contributed by atoms with E-state index in [1.807, 2.05) is 0 Å². The summed E-state index contributed by atoms with van der Waals surface area (Å²) in [7, 11) is 0. The molecule has 2 N–H and O–H groups in total. The molecule has 0 atom stereocenters. The lowest BCUT2D eigenvalue weighted by atomic mass is 10.1.